The molecule has 3 aromatic rings. The topological polar surface area (TPSA) is 82.2 Å². The van der Waals surface area contributed by atoms with Crippen LogP contribution in [0.1, 0.15) is 49.0 Å². The molecule has 1 N–H and O–H groups in total. The lowest BCUT2D eigenvalue weighted by Crippen LogP contribution is -2.36. The van der Waals surface area contributed by atoms with Crippen molar-refractivity contribution >= 4 is 23.3 Å². The summed E-state index contributed by atoms with van der Waals surface area (Å²) in [6, 6.07) is 6.08. The lowest BCUT2D eigenvalue weighted by Gasteiger charge is -2.24. The predicted octanol–water partition coefficient (Wildman–Crippen LogP) is 4.50. The Balaban J connectivity index is 1.65. The van der Waals surface area contributed by atoms with E-state index in [0.717, 1.165) is 52.3 Å². The Morgan fingerprint density at radius 1 is 1.29 bits per heavy atom. The molecule has 7 nitrogen and oxygen atoms in total. The Kier molecular flexibility index (Phi) is 3.96. The zero-order valence-corrected chi connectivity index (χ0v) is 16.0. The molecule has 0 bridgehead atoms. The van der Waals surface area contributed by atoms with Crippen molar-refractivity contribution in [2.45, 2.75) is 45.6 Å². The van der Waals surface area contributed by atoms with Crippen molar-refractivity contribution in [2.24, 2.45) is 0 Å². The number of alkyl carbamates (subject to hydrolysis) is 1. The first-order valence-electron chi connectivity index (χ1n) is 9.68. The maximum atomic E-state index is 11.7. The van der Waals surface area contributed by atoms with Gasteiger partial charge in [-0.05, 0) is 50.8 Å². The van der Waals surface area contributed by atoms with Crippen LogP contribution in [0.2, 0.25) is 0 Å². The van der Waals surface area contributed by atoms with Gasteiger partial charge in [0.05, 0.1) is 29.4 Å². The normalized spacial score (nSPS) is 19.3. The average molecular weight is 378 g/mol. The molecule has 1 saturated heterocycles. The van der Waals surface area contributed by atoms with Crippen molar-refractivity contribution in [3.63, 3.8) is 0 Å². The van der Waals surface area contributed by atoms with Crippen LogP contribution >= 0.6 is 0 Å². The Bertz CT molecular complexity index is 1080. The van der Waals surface area contributed by atoms with Gasteiger partial charge in [-0.25, -0.2) is 9.78 Å². The van der Waals surface area contributed by atoms with Crippen molar-refractivity contribution in [2.75, 3.05) is 6.61 Å². The minimum atomic E-state index is -0.387. The van der Waals surface area contributed by atoms with Gasteiger partial charge >= 0.3 is 6.09 Å². The van der Waals surface area contributed by atoms with Crippen LogP contribution in [0.15, 0.2) is 28.3 Å². The fraction of sp³-hybridized carbons (Fsp3) is 0.381. The van der Waals surface area contributed by atoms with Crippen LogP contribution in [0.5, 0.6) is 0 Å². The molecule has 28 heavy (non-hydrogen) atoms. The van der Waals surface area contributed by atoms with Gasteiger partial charge in [0.15, 0.2) is 0 Å². The number of amides is 1. The van der Waals surface area contributed by atoms with Gasteiger partial charge in [0, 0.05) is 18.2 Å². The number of fused-ring (bicyclic) bond motifs is 1. The third kappa shape index (κ3) is 2.78. The molecule has 2 aromatic heterocycles. The molecule has 0 unspecified atom stereocenters. The van der Waals surface area contributed by atoms with E-state index in [1.54, 1.807) is 0 Å². The van der Waals surface area contributed by atoms with Gasteiger partial charge in [-0.3, -0.25) is 0 Å². The zero-order chi connectivity index (χ0) is 19.3. The minimum Gasteiger partial charge on any atom is -0.449 e. The van der Waals surface area contributed by atoms with Crippen LogP contribution in [0.4, 0.5) is 4.79 Å². The first-order chi connectivity index (χ1) is 13.6. The third-order valence-electron chi connectivity index (χ3n) is 5.59. The van der Waals surface area contributed by atoms with E-state index in [1.807, 2.05) is 13.8 Å². The first-order valence-corrected chi connectivity index (χ1v) is 9.68. The molecule has 0 radical (unpaired) electrons. The number of carbonyl (C=O) groups is 1. The summed E-state index contributed by atoms with van der Waals surface area (Å²) in [4.78, 5) is 16.7. The van der Waals surface area contributed by atoms with Crippen molar-refractivity contribution in [3.8, 4) is 11.1 Å². The number of hydrogen-bond donors (Lipinski definition) is 1. The number of ether oxygens (including phenoxy) is 1. The van der Waals surface area contributed by atoms with Crippen LogP contribution in [0, 0.1) is 13.8 Å². The number of rotatable bonds is 3. The van der Waals surface area contributed by atoms with Gasteiger partial charge in [0.2, 0.25) is 0 Å². The van der Waals surface area contributed by atoms with Crippen molar-refractivity contribution in [1.29, 1.82) is 0 Å². The largest absolute Gasteiger partial charge is 0.449 e. The van der Waals surface area contributed by atoms with E-state index >= 15 is 0 Å². The fourth-order valence-corrected chi connectivity index (χ4v) is 3.96. The maximum Gasteiger partial charge on any atom is 0.407 e. The first kappa shape index (κ1) is 17.0. The monoisotopic (exact) mass is 378 g/mol. The molecule has 3 heterocycles. The Labute approximate surface area is 162 Å². The number of hydrogen-bond acceptors (Lipinski definition) is 5. The van der Waals surface area contributed by atoms with Crippen molar-refractivity contribution in [3.05, 3.63) is 41.1 Å². The molecular formula is C21H22N4O3. The van der Waals surface area contributed by atoms with Crippen LogP contribution in [0.25, 0.3) is 28.4 Å². The molecule has 1 atom stereocenters. The highest BCUT2D eigenvalue weighted by molar-refractivity contribution is 5.85. The summed E-state index contributed by atoms with van der Waals surface area (Å²) in [7, 11) is 0. The number of allylic oxidation sites excluding steroid dienone is 1. The average Bonchev–Trinajstić information content (AvgIpc) is 3.17. The summed E-state index contributed by atoms with van der Waals surface area (Å²) in [5, 5.41) is 6.97. The molecule has 2 aliphatic rings. The SMILES string of the molecule is Cc1noc(C)c1-c1ccc2c(c1)nc([C@@H]1CCOC(=O)N1)n2C=C1CCC1. The summed E-state index contributed by atoms with van der Waals surface area (Å²) < 4.78 is 12.5. The van der Waals surface area contributed by atoms with E-state index in [2.05, 4.69) is 39.4 Å². The summed E-state index contributed by atoms with van der Waals surface area (Å²) in [5.74, 6) is 1.65. The van der Waals surface area contributed by atoms with E-state index in [-0.39, 0.29) is 12.1 Å². The molecule has 1 aromatic carbocycles. The van der Waals surface area contributed by atoms with E-state index in [4.69, 9.17) is 14.2 Å². The molecule has 1 saturated carbocycles. The fourth-order valence-electron chi connectivity index (χ4n) is 3.96. The van der Waals surface area contributed by atoms with Crippen LogP contribution < -0.4 is 5.32 Å². The second-order valence-electron chi connectivity index (χ2n) is 7.51. The molecule has 144 valence electrons. The highest BCUT2D eigenvalue weighted by atomic mass is 16.5. The van der Waals surface area contributed by atoms with Gasteiger partial charge in [-0.2, -0.15) is 0 Å². The number of aromatic nitrogens is 3. The molecule has 5 rings (SSSR count). The Morgan fingerprint density at radius 3 is 2.82 bits per heavy atom. The van der Waals surface area contributed by atoms with Gasteiger partial charge in [-0.15, -0.1) is 0 Å². The molecule has 7 heteroatoms. The zero-order valence-electron chi connectivity index (χ0n) is 16.0. The number of nitrogens with one attached hydrogen (secondary N) is 1. The van der Waals surface area contributed by atoms with Crippen LogP contribution in [0.3, 0.4) is 0 Å². The highest BCUT2D eigenvalue weighted by Gasteiger charge is 2.27. The number of nitrogens with zero attached hydrogens (tertiary/aromatic N) is 3. The lowest BCUT2D eigenvalue weighted by molar-refractivity contribution is 0.114. The highest BCUT2D eigenvalue weighted by Crippen LogP contribution is 2.33. The number of benzene rings is 1. The Hall–Kier alpha value is -3.09. The second kappa shape index (κ2) is 6.51. The molecule has 0 spiro atoms. The van der Waals surface area contributed by atoms with Crippen LogP contribution in [-0.4, -0.2) is 27.4 Å². The molecule has 1 aliphatic carbocycles. The summed E-state index contributed by atoms with van der Waals surface area (Å²) in [6.07, 6.45) is 5.98. The molecule has 1 aliphatic heterocycles. The second-order valence-corrected chi connectivity index (χ2v) is 7.51. The number of carbonyl (C=O) groups excluding carboxylic acids is 1. The predicted molar refractivity (Wildman–Crippen MR) is 105 cm³/mol. The van der Waals surface area contributed by atoms with Gasteiger partial charge < -0.3 is 19.1 Å². The van der Waals surface area contributed by atoms with E-state index in [1.165, 1.54) is 12.0 Å². The standard InChI is InChI=1S/C21H22N4O3/c1-12-19(13(2)28-24-12)15-6-7-18-17(10-15)22-20(16-8-9-27-21(26)23-16)25(18)11-14-4-3-5-14/h6-7,10-11,16H,3-5,8-9H2,1-2H3,(H,23,26)/t16-/m0/s1. The molecule has 1 amide bonds. The number of cyclic esters (lactones) is 1. The van der Waals surface area contributed by atoms with Crippen molar-refractivity contribution < 1.29 is 14.1 Å². The van der Waals surface area contributed by atoms with Gasteiger partial charge in [0.25, 0.3) is 0 Å². The number of imidazole rings is 1. The molecule has 2 fully saturated rings. The van der Waals surface area contributed by atoms with E-state index in [0.29, 0.717) is 13.0 Å². The Morgan fingerprint density at radius 2 is 2.14 bits per heavy atom. The summed E-state index contributed by atoms with van der Waals surface area (Å²) in [6.45, 7) is 4.27. The van der Waals surface area contributed by atoms with Crippen molar-refractivity contribution in [1.82, 2.24) is 20.0 Å². The lowest BCUT2D eigenvalue weighted by atomic mass is 9.93. The van der Waals surface area contributed by atoms with Crippen LogP contribution in [-0.2, 0) is 4.74 Å². The molecular weight excluding hydrogens is 356 g/mol. The third-order valence-corrected chi connectivity index (χ3v) is 5.59. The number of aryl methyl sites for hydroxylation is 2. The smallest absolute Gasteiger partial charge is 0.407 e. The summed E-state index contributed by atoms with van der Waals surface area (Å²) in [5.41, 5.74) is 6.25. The van der Waals surface area contributed by atoms with E-state index in [9.17, 15) is 4.79 Å². The quantitative estimate of drug-likeness (QED) is 0.725. The maximum absolute atomic E-state index is 11.7. The van der Waals surface area contributed by atoms with Gasteiger partial charge in [-0.1, -0.05) is 16.8 Å². The minimum absolute atomic E-state index is 0.159. The summed E-state index contributed by atoms with van der Waals surface area (Å²) >= 11 is 0. The van der Waals surface area contributed by atoms with E-state index < -0.39 is 0 Å². The van der Waals surface area contributed by atoms with Gasteiger partial charge in [0.1, 0.15) is 11.6 Å².